The molecule has 0 amide bonds. The summed E-state index contributed by atoms with van der Waals surface area (Å²) in [7, 11) is 0. The summed E-state index contributed by atoms with van der Waals surface area (Å²) in [5.74, 6) is 0.594. The van der Waals surface area contributed by atoms with Gasteiger partial charge in [0.25, 0.3) is 0 Å². The highest BCUT2D eigenvalue weighted by molar-refractivity contribution is 5.37. The maximum atomic E-state index is 12.7. The summed E-state index contributed by atoms with van der Waals surface area (Å²) in [6.07, 6.45) is -1.43. The fourth-order valence-electron chi connectivity index (χ4n) is 3.68. The Kier molecular flexibility index (Phi) is 5.93. The van der Waals surface area contributed by atoms with Crippen molar-refractivity contribution in [2.45, 2.75) is 31.9 Å². The van der Waals surface area contributed by atoms with Gasteiger partial charge in [-0.05, 0) is 60.4 Å². The summed E-state index contributed by atoms with van der Waals surface area (Å²) in [4.78, 5) is 14.1. The fourth-order valence-corrected chi connectivity index (χ4v) is 3.68. The summed E-state index contributed by atoms with van der Waals surface area (Å²) in [6.45, 7) is 2.41. The zero-order valence-electron chi connectivity index (χ0n) is 19.3. The first-order valence-corrected chi connectivity index (χ1v) is 10.9. The molecule has 0 saturated carbocycles. The number of rotatable bonds is 8. The Balaban J connectivity index is 1.14. The second-order valence-corrected chi connectivity index (χ2v) is 8.57. The number of halogens is 3. The summed E-state index contributed by atoms with van der Waals surface area (Å²) in [5, 5.41) is 18.9. The van der Waals surface area contributed by atoms with Crippen LogP contribution in [0.15, 0.2) is 60.9 Å². The standard InChI is InChI=1S/C23H19F3N6O5/c1-22(13-30-11-20(32(33)34)27-21(30)37-22)14-36-19-8-4-17(5-9-19)31-10-16(28-29-31)12-35-18-6-2-15(3-7-18)23(24,25)26/h2-11H,12-14H2,1H3/t22-/m1/s1. The van der Waals surface area contributed by atoms with E-state index < -0.39 is 22.3 Å². The first-order chi connectivity index (χ1) is 17.6. The highest BCUT2D eigenvalue weighted by Gasteiger charge is 2.41. The summed E-state index contributed by atoms with van der Waals surface area (Å²) in [5.41, 5.74) is -0.286. The molecule has 192 valence electrons. The molecule has 2 aromatic carbocycles. The lowest BCUT2D eigenvalue weighted by Crippen LogP contribution is -2.38. The van der Waals surface area contributed by atoms with Gasteiger partial charge in [-0.3, -0.25) is 4.57 Å². The van der Waals surface area contributed by atoms with E-state index in [9.17, 15) is 23.3 Å². The van der Waals surface area contributed by atoms with Crippen molar-refractivity contribution in [1.82, 2.24) is 24.5 Å². The van der Waals surface area contributed by atoms with E-state index in [2.05, 4.69) is 15.3 Å². The molecule has 0 radical (unpaired) electrons. The van der Waals surface area contributed by atoms with Gasteiger partial charge >= 0.3 is 18.0 Å². The number of ether oxygens (including phenoxy) is 3. The van der Waals surface area contributed by atoms with E-state index in [0.29, 0.717) is 23.7 Å². The molecule has 0 spiro atoms. The number of nitrogens with zero attached hydrogens (tertiary/aromatic N) is 6. The molecule has 1 atom stereocenters. The number of benzene rings is 2. The molecule has 0 fully saturated rings. The second-order valence-electron chi connectivity index (χ2n) is 8.57. The van der Waals surface area contributed by atoms with Crippen LogP contribution in [0.3, 0.4) is 0 Å². The zero-order valence-corrected chi connectivity index (χ0v) is 19.3. The average Bonchev–Trinajstić information content (AvgIpc) is 3.56. The Morgan fingerprint density at radius 2 is 1.76 bits per heavy atom. The molecular weight excluding hydrogens is 497 g/mol. The van der Waals surface area contributed by atoms with Crippen molar-refractivity contribution in [3.63, 3.8) is 0 Å². The third kappa shape index (κ3) is 5.32. The molecule has 2 aromatic heterocycles. The van der Waals surface area contributed by atoms with Gasteiger partial charge in [-0.25, -0.2) is 4.68 Å². The predicted molar refractivity (Wildman–Crippen MR) is 121 cm³/mol. The maximum Gasteiger partial charge on any atom is 0.416 e. The Hall–Kier alpha value is -4.62. The van der Waals surface area contributed by atoms with Crippen molar-refractivity contribution in [2.75, 3.05) is 6.61 Å². The van der Waals surface area contributed by atoms with Gasteiger partial charge in [0.2, 0.25) is 0 Å². The molecule has 37 heavy (non-hydrogen) atoms. The highest BCUT2D eigenvalue weighted by atomic mass is 19.4. The van der Waals surface area contributed by atoms with Crippen LogP contribution < -0.4 is 14.2 Å². The van der Waals surface area contributed by atoms with E-state index in [1.54, 1.807) is 35.0 Å². The summed E-state index contributed by atoms with van der Waals surface area (Å²) in [6, 6.07) is 11.6. The number of fused-ring (bicyclic) bond motifs is 1. The van der Waals surface area contributed by atoms with Crippen LogP contribution in [0.4, 0.5) is 19.0 Å². The number of aromatic nitrogens is 5. The molecular formula is C23H19F3N6O5. The SMILES string of the molecule is C[C@]1(COc2ccc(-n3cc(COc4ccc(C(F)(F)F)cc4)nn3)cc2)Cn2cc([N+](=O)[O-])nc2O1. The third-order valence-corrected chi connectivity index (χ3v) is 5.51. The van der Waals surface area contributed by atoms with Crippen LogP contribution in [0, 0.1) is 10.1 Å². The molecule has 0 saturated heterocycles. The minimum atomic E-state index is -4.40. The monoisotopic (exact) mass is 516 g/mol. The number of alkyl halides is 3. The van der Waals surface area contributed by atoms with Crippen LogP contribution in [-0.2, 0) is 19.3 Å². The Morgan fingerprint density at radius 1 is 1.08 bits per heavy atom. The topological polar surface area (TPSA) is 119 Å². The maximum absolute atomic E-state index is 12.7. The van der Waals surface area contributed by atoms with Crippen LogP contribution in [0.5, 0.6) is 17.5 Å². The molecule has 0 bridgehead atoms. The van der Waals surface area contributed by atoms with Crippen molar-refractivity contribution in [1.29, 1.82) is 0 Å². The number of nitro groups is 1. The average molecular weight is 516 g/mol. The van der Waals surface area contributed by atoms with Gasteiger partial charge in [0.1, 0.15) is 36.6 Å². The minimum Gasteiger partial charge on any atom is -0.489 e. The predicted octanol–water partition coefficient (Wildman–Crippen LogP) is 4.20. The molecule has 1 aliphatic heterocycles. The molecule has 4 aromatic rings. The lowest BCUT2D eigenvalue weighted by Gasteiger charge is -2.22. The van der Waals surface area contributed by atoms with E-state index in [-0.39, 0.29) is 30.8 Å². The molecule has 14 heteroatoms. The van der Waals surface area contributed by atoms with Crippen molar-refractivity contribution in [3.8, 4) is 23.2 Å². The van der Waals surface area contributed by atoms with E-state index in [1.165, 1.54) is 23.0 Å². The molecule has 1 aliphatic rings. The molecule has 11 nitrogen and oxygen atoms in total. The van der Waals surface area contributed by atoms with Crippen LogP contribution in [-0.4, -0.2) is 41.7 Å². The second kappa shape index (κ2) is 9.11. The van der Waals surface area contributed by atoms with Gasteiger partial charge < -0.3 is 24.3 Å². The zero-order chi connectivity index (χ0) is 26.2. The molecule has 0 N–H and O–H groups in total. The molecule has 0 unspecified atom stereocenters. The van der Waals surface area contributed by atoms with Crippen LogP contribution in [0.2, 0.25) is 0 Å². The van der Waals surface area contributed by atoms with E-state index in [4.69, 9.17) is 14.2 Å². The first-order valence-electron chi connectivity index (χ1n) is 10.9. The first kappa shape index (κ1) is 24.1. The number of imidazole rings is 1. The fraction of sp³-hybridized carbons (Fsp3) is 0.261. The van der Waals surface area contributed by atoms with Crippen molar-refractivity contribution in [2.24, 2.45) is 0 Å². The Labute approximate surface area is 207 Å². The lowest BCUT2D eigenvalue weighted by atomic mass is 10.1. The van der Waals surface area contributed by atoms with E-state index in [1.807, 2.05) is 6.92 Å². The highest BCUT2D eigenvalue weighted by Crippen LogP contribution is 2.32. The summed E-state index contributed by atoms with van der Waals surface area (Å²) < 4.78 is 58.2. The minimum absolute atomic E-state index is 0.0335. The van der Waals surface area contributed by atoms with E-state index >= 15 is 0 Å². The van der Waals surface area contributed by atoms with Gasteiger partial charge in [-0.2, -0.15) is 13.2 Å². The summed E-state index contributed by atoms with van der Waals surface area (Å²) >= 11 is 0. The Morgan fingerprint density at radius 3 is 2.41 bits per heavy atom. The Bertz CT molecular complexity index is 1390. The van der Waals surface area contributed by atoms with Gasteiger partial charge in [0.05, 0.1) is 24.0 Å². The van der Waals surface area contributed by atoms with Gasteiger partial charge in [-0.1, -0.05) is 5.21 Å². The van der Waals surface area contributed by atoms with Crippen LogP contribution in [0.25, 0.3) is 5.69 Å². The lowest BCUT2D eigenvalue weighted by molar-refractivity contribution is -0.389. The van der Waals surface area contributed by atoms with Crippen LogP contribution in [0.1, 0.15) is 18.2 Å². The van der Waals surface area contributed by atoms with Crippen molar-refractivity contribution < 1.29 is 32.3 Å². The quantitative estimate of drug-likeness (QED) is 0.253. The molecule has 5 rings (SSSR count). The number of hydrogen-bond acceptors (Lipinski definition) is 8. The smallest absolute Gasteiger partial charge is 0.416 e. The van der Waals surface area contributed by atoms with Crippen molar-refractivity contribution >= 4 is 5.82 Å². The van der Waals surface area contributed by atoms with Gasteiger partial charge in [0.15, 0.2) is 5.60 Å². The van der Waals surface area contributed by atoms with Crippen LogP contribution >= 0.6 is 0 Å². The van der Waals surface area contributed by atoms with Gasteiger partial charge in [-0.15, -0.1) is 5.10 Å². The van der Waals surface area contributed by atoms with Crippen molar-refractivity contribution in [3.05, 3.63) is 82.3 Å². The number of hydrogen-bond donors (Lipinski definition) is 0. The van der Waals surface area contributed by atoms with Gasteiger partial charge in [0, 0.05) is 4.98 Å². The van der Waals surface area contributed by atoms with E-state index in [0.717, 1.165) is 12.1 Å². The molecule has 0 aliphatic carbocycles. The largest absolute Gasteiger partial charge is 0.489 e. The molecule has 3 heterocycles. The third-order valence-electron chi connectivity index (χ3n) is 5.51. The normalized spacial score (nSPS) is 16.8.